The summed E-state index contributed by atoms with van der Waals surface area (Å²) in [6.07, 6.45) is 0. The molecule has 0 bridgehead atoms. The lowest BCUT2D eigenvalue weighted by molar-refractivity contribution is 0.0951. The summed E-state index contributed by atoms with van der Waals surface area (Å²) >= 11 is 0. The van der Waals surface area contributed by atoms with Crippen LogP contribution in [0.5, 0.6) is 0 Å². The minimum absolute atomic E-state index is 0.106. The largest absolute Gasteiger partial charge is 0.398 e. The first-order valence-electron chi connectivity index (χ1n) is 8.96. The quantitative estimate of drug-likeness (QED) is 0.616. The fraction of sp³-hybridized carbons (Fsp3) is 0.364. The van der Waals surface area contributed by atoms with E-state index in [1.807, 2.05) is 26.0 Å². The van der Waals surface area contributed by atoms with Crippen LogP contribution < -0.4 is 11.1 Å². The maximum atomic E-state index is 12.3. The van der Waals surface area contributed by atoms with Gasteiger partial charge in [-0.05, 0) is 41.7 Å². The van der Waals surface area contributed by atoms with Crippen LogP contribution in [0, 0.1) is 0 Å². The lowest BCUT2D eigenvalue weighted by Gasteiger charge is -2.19. The maximum Gasteiger partial charge on any atom is 0.251 e. The number of nitrogens with two attached hydrogens (primary N) is 1. The summed E-state index contributed by atoms with van der Waals surface area (Å²) in [5.41, 5.74) is 9.33. The molecule has 0 aromatic heterocycles. The first-order chi connectivity index (χ1) is 12.2. The van der Waals surface area contributed by atoms with Crippen LogP contribution in [0.4, 0.5) is 5.69 Å². The predicted molar refractivity (Wildman–Crippen MR) is 109 cm³/mol. The van der Waals surface area contributed by atoms with Crippen LogP contribution in [0.2, 0.25) is 0 Å². The van der Waals surface area contributed by atoms with E-state index in [-0.39, 0.29) is 17.1 Å². The van der Waals surface area contributed by atoms with Crippen LogP contribution in [0.15, 0.2) is 42.5 Å². The maximum absolute atomic E-state index is 12.3. The van der Waals surface area contributed by atoms with Gasteiger partial charge in [0.1, 0.15) is 0 Å². The van der Waals surface area contributed by atoms with Gasteiger partial charge in [-0.15, -0.1) is 0 Å². The van der Waals surface area contributed by atoms with Gasteiger partial charge in [0.15, 0.2) is 5.78 Å². The molecule has 0 saturated heterocycles. The lowest BCUT2D eigenvalue weighted by Crippen LogP contribution is -2.23. The molecule has 0 aliphatic carbocycles. The Kier molecular flexibility index (Phi) is 7.56. The van der Waals surface area contributed by atoms with Crippen molar-refractivity contribution in [1.82, 2.24) is 5.32 Å². The van der Waals surface area contributed by atoms with Crippen LogP contribution in [0.3, 0.4) is 0 Å². The van der Waals surface area contributed by atoms with Crippen molar-refractivity contribution < 1.29 is 9.59 Å². The highest BCUT2D eigenvalue weighted by Gasteiger charge is 2.13. The normalized spacial score (nSPS) is 10.5. The summed E-state index contributed by atoms with van der Waals surface area (Å²) in [6.45, 7) is 12.4. The number of anilines is 1. The van der Waals surface area contributed by atoms with Crippen molar-refractivity contribution >= 4 is 17.4 Å². The molecule has 0 aliphatic heterocycles. The lowest BCUT2D eigenvalue weighted by atomic mass is 9.87. The molecular formula is C22H30N2O2. The molecule has 0 heterocycles. The van der Waals surface area contributed by atoms with E-state index < -0.39 is 0 Å². The second-order valence-electron chi connectivity index (χ2n) is 6.99. The Labute approximate surface area is 156 Å². The second kappa shape index (κ2) is 9.18. The number of hydrogen-bond donors (Lipinski definition) is 2. The first kappa shape index (κ1) is 21.4. The van der Waals surface area contributed by atoms with Gasteiger partial charge in [0.2, 0.25) is 0 Å². The molecule has 0 spiro atoms. The summed E-state index contributed by atoms with van der Waals surface area (Å²) in [5, 5.41) is 2.87. The summed E-state index contributed by atoms with van der Waals surface area (Å²) in [5.74, 6) is -0.377. The molecule has 0 saturated carbocycles. The SMILES string of the molecule is CC.CC(=O)c1cc(C(=O)NCc2ccc(C(C)(C)C)cc2)ccc1N. The van der Waals surface area contributed by atoms with Gasteiger partial charge in [-0.2, -0.15) is 0 Å². The zero-order valence-corrected chi connectivity index (χ0v) is 16.6. The Hall–Kier alpha value is -2.62. The third-order valence-corrected chi connectivity index (χ3v) is 3.97. The molecule has 140 valence electrons. The van der Waals surface area contributed by atoms with Crippen molar-refractivity contribution in [2.45, 2.75) is 53.5 Å². The van der Waals surface area contributed by atoms with Crippen molar-refractivity contribution in [3.05, 3.63) is 64.7 Å². The van der Waals surface area contributed by atoms with E-state index in [0.717, 1.165) is 5.56 Å². The standard InChI is InChI=1S/C20H24N2O2.C2H6/c1-13(23)17-11-15(7-10-18(17)21)19(24)22-12-14-5-8-16(9-6-14)20(2,3)4;1-2/h5-11H,12,21H2,1-4H3,(H,22,24);1-2H3. The highest BCUT2D eigenvalue weighted by Crippen LogP contribution is 2.22. The first-order valence-corrected chi connectivity index (χ1v) is 8.96. The second-order valence-corrected chi connectivity index (χ2v) is 6.99. The smallest absolute Gasteiger partial charge is 0.251 e. The third-order valence-electron chi connectivity index (χ3n) is 3.97. The number of amides is 1. The van der Waals surface area contributed by atoms with Crippen LogP contribution in [-0.2, 0) is 12.0 Å². The van der Waals surface area contributed by atoms with Crippen LogP contribution in [0.1, 0.15) is 73.4 Å². The summed E-state index contributed by atoms with van der Waals surface area (Å²) < 4.78 is 0. The van der Waals surface area contributed by atoms with Gasteiger partial charge in [-0.1, -0.05) is 58.9 Å². The van der Waals surface area contributed by atoms with E-state index in [0.29, 0.717) is 23.4 Å². The van der Waals surface area contributed by atoms with Gasteiger partial charge in [0.25, 0.3) is 5.91 Å². The number of benzene rings is 2. The van der Waals surface area contributed by atoms with Gasteiger partial charge < -0.3 is 11.1 Å². The molecule has 2 aromatic carbocycles. The Morgan fingerprint density at radius 2 is 1.58 bits per heavy atom. The molecule has 4 nitrogen and oxygen atoms in total. The van der Waals surface area contributed by atoms with E-state index in [2.05, 4.69) is 38.2 Å². The van der Waals surface area contributed by atoms with Gasteiger partial charge >= 0.3 is 0 Å². The highest BCUT2D eigenvalue weighted by molar-refractivity contribution is 6.03. The molecule has 0 aliphatic rings. The molecule has 1 amide bonds. The summed E-state index contributed by atoms with van der Waals surface area (Å²) in [6, 6.07) is 13.0. The minimum atomic E-state index is -0.225. The Morgan fingerprint density at radius 1 is 1.00 bits per heavy atom. The number of carbonyl (C=O) groups excluding carboxylic acids is 2. The number of nitrogens with one attached hydrogen (secondary N) is 1. The Bertz CT molecular complexity index is 757. The zero-order chi connectivity index (χ0) is 19.9. The highest BCUT2D eigenvalue weighted by atomic mass is 16.1. The van der Waals surface area contributed by atoms with Crippen LogP contribution in [0.25, 0.3) is 0 Å². The Morgan fingerprint density at radius 3 is 2.08 bits per heavy atom. The predicted octanol–water partition coefficient (Wildman–Crippen LogP) is 4.73. The van der Waals surface area contributed by atoms with Crippen LogP contribution in [-0.4, -0.2) is 11.7 Å². The monoisotopic (exact) mass is 354 g/mol. The molecule has 2 rings (SSSR count). The Balaban J connectivity index is 0.00000163. The zero-order valence-electron chi connectivity index (χ0n) is 16.6. The van der Waals surface area contributed by atoms with Gasteiger partial charge in [0, 0.05) is 23.4 Å². The molecule has 2 aromatic rings. The van der Waals surface area contributed by atoms with E-state index >= 15 is 0 Å². The van der Waals surface area contributed by atoms with Gasteiger partial charge in [-0.25, -0.2) is 0 Å². The van der Waals surface area contributed by atoms with Crippen molar-refractivity contribution in [3.8, 4) is 0 Å². The molecule has 0 unspecified atom stereocenters. The average molecular weight is 354 g/mol. The van der Waals surface area contributed by atoms with Gasteiger partial charge in [-0.3, -0.25) is 9.59 Å². The molecule has 3 N–H and O–H groups in total. The number of hydrogen-bond acceptors (Lipinski definition) is 3. The fourth-order valence-electron chi connectivity index (χ4n) is 2.41. The molecular weight excluding hydrogens is 324 g/mol. The average Bonchev–Trinajstić information content (AvgIpc) is 2.61. The third kappa shape index (κ3) is 5.73. The molecule has 0 atom stereocenters. The van der Waals surface area contributed by atoms with E-state index in [1.165, 1.54) is 18.6 Å². The van der Waals surface area contributed by atoms with E-state index in [4.69, 9.17) is 5.73 Å². The number of nitrogen functional groups attached to an aromatic ring is 1. The molecule has 0 radical (unpaired) electrons. The molecule has 4 heteroatoms. The molecule has 26 heavy (non-hydrogen) atoms. The number of Topliss-reactive ketones (excluding diaryl/α,β-unsaturated/α-hetero) is 1. The summed E-state index contributed by atoms with van der Waals surface area (Å²) in [7, 11) is 0. The summed E-state index contributed by atoms with van der Waals surface area (Å²) in [4.78, 5) is 23.8. The number of rotatable bonds is 4. The minimum Gasteiger partial charge on any atom is -0.398 e. The number of carbonyl (C=O) groups is 2. The topological polar surface area (TPSA) is 72.2 Å². The van der Waals surface area contributed by atoms with Crippen LogP contribution >= 0.6 is 0 Å². The number of ketones is 1. The fourth-order valence-corrected chi connectivity index (χ4v) is 2.41. The van der Waals surface area contributed by atoms with Gasteiger partial charge in [0.05, 0.1) is 0 Å². The van der Waals surface area contributed by atoms with Crippen molar-refractivity contribution in [1.29, 1.82) is 0 Å². The van der Waals surface area contributed by atoms with Crippen molar-refractivity contribution in [3.63, 3.8) is 0 Å². The molecule has 0 fully saturated rings. The van der Waals surface area contributed by atoms with E-state index in [9.17, 15) is 9.59 Å². The van der Waals surface area contributed by atoms with Crippen molar-refractivity contribution in [2.75, 3.05) is 5.73 Å². The van der Waals surface area contributed by atoms with E-state index in [1.54, 1.807) is 12.1 Å². The van der Waals surface area contributed by atoms with Crippen molar-refractivity contribution in [2.24, 2.45) is 0 Å².